The second kappa shape index (κ2) is 7.28. The molecule has 0 amide bonds. The predicted molar refractivity (Wildman–Crippen MR) is 107 cm³/mol. The van der Waals surface area contributed by atoms with Crippen LogP contribution in [0.25, 0.3) is 11.1 Å². The Morgan fingerprint density at radius 3 is 1.92 bits per heavy atom. The number of rotatable bonds is 1. The van der Waals surface area contributed by atoms with Crippen molar-refractivity contribution in [2.45, 2.75) is 12.8 Å². The summed E-state index contributed by atoms with van der Waals surface area (Å²) in [5.74, 6) is 1.13. The van der Waals surface area contributed by atoms with Crippen LogP contribution in [-0.2, 0) is 0 Å². The van der Waals surface area contributed by atoms with Gasteiger partial charge in [0, 0.05) is 11.5 Å². The lowest BCUT2D eigenvalue weighted by atomic mass is 9.89. The average Bonchev–Trinajstić information content (AvgIpc) is 3.19. The second-order valence-corrected chi connectivity index (χ2v) is 6.25. The van der Waals surface area contributed by atoms with E-state index in [0.717, 1.165) is 17.1 Å². The van der Waals surface area contributed by atoms with Gasteiger partial charge < -0.3 is 0 Å². The number of azo groups is 1. The van der Waals surface area contributed by atoms with Gasteiger partial charge in [-0.25, -0.2) is 4.99 Å². The molecule has 2 aliphatic rings. The summed E-state index contributed by atoms with van der Waals surface area (Å²) in [4.78, 5) is 4.45. The Morgan fingerprint density at radius 2 is 1.27 bits per heavy atom. The smallest absolute Gasteiger partial charge is 0.180 e. The molecule has 2 heterocycles. The highest BCUT2D eigenvalue weighted by Gasteiger charge is 2.26. The van der Waals surface area contributed by atoms with E-state index in [4.69, 9.17) is 0 Å². The molecule has 0 aromatic heterocycles. The van der Waals surface area contributed by atoms with Gasteiger partial charge in [0.1, 0.15) is 0 Å². The molecule has 0 N–H and O–H groups in total. The third-order valence-corrected chi connectivity index (χ3v) is 4.58. The summed E-state index contributed by atoms with van der Waals surface area (Å²) in [6.07, 6.45) is 1.80. The van der Waals surface area contributed by atoms with Crippen LogP contribution >= 0.6 is 0 Å². The normalized spacial score (nSPS) is 16.6. The number of hydrogen-bond donors (Lipinski definition) is 0. The van der Waals surface area contributed by atoms with Gasteiger partial charge in [0.25, 0.3) is 0 Å². The first-order valence-electron chi connectivity index (χ1n) is 8.72. The highest BCUT2D eigenvalue weighted by Crippen LogP contribution is 2.39. The van der Waals surface area contributed by atoms with Gasteiger partial charge in [-0.2, -0.15) is 5.11 Å². The average molecular weight is 337 g/mol. The Bertz CT molecular complexity index is 949. The molecule has 3 nitrogen and oxygen atoms in total. The van der Waals surface area contributed by atoms with E-state index in [0.29, 0.717) is 5.92 Å². The van der Waals surface area contributed by atoms with Gasteiger partial charge in [-0.1, -0.05) is 85.8 Å². The Hall–Kier alpha value is -3.33. The van der Waals surface area contributed by atoms with Crippen molar-refractivity contribution in [3.8, 4) is 11.1 Å². The topological polar surface area (TPSA) is 37.1 Å². The van der Waals surface area contributed by atoms with Crippen molar-refractivity contribution in [3.63, 3.8) is 0 Å². The summed E-state index contributed by atoms with van der Waals surface area (Å²) in [6, 6.07) is 28.9. The lowest BCUT2D eigenvalue weighted by Crippen LogP contribution is -2.09. The Morgan fingerprint density at radius 1 is 0.692 bits per heavy atom. The lowest BCUT2D eigenvalue weighted by Gasteiger charge is -2.19. The molecule has 0 aliphatic carbocycles. The number of hydrogen-bond acceptors (Lipinski definition) is 3. The Kier molecular flexibility index (Phi) is 4.52. The number of amidine groups is 1. The SMILES string of the molecule is CC1C2=CN=NC2=Nc2ccccc21.c1ccc(-c2ccccc2)cc1. The van der Waals surface area contributed by atoms with Gasteiger partial charge in [-0.15, -0.1) is 5.11 Å². The molecule has 0 bridgehead atoms. The molecule has 0 fully saturated rings. The maximum atomic E-state index is 4.45. The van der Waals surface area contributed by atoms with E-state index < -0.39 is 0 Å². The second-order valence-electron chi connectivity index (χ2n) is 6.25. The van der Waals surface area contributed by atoms with E-state index in [2.05, 4.69) is 76.7 Å². The summed E-state index contributed by atoms with van der Waals surface area (Å²) in [5, 5.41) is 7.88. The summed E-state index contributed by atoms with van der Waals surface area (Å²) in [7, 11) is 0. The van der Waals surface area contributed by atoms with Gasteiger partial charge >= 0.3 is 0 Å². The first kappa shape index (κ1) is 16.2. The quantitative estimate of drug-likeness (QED) is 0.483. The third-order valence-electron chi connectivity index (χ3n) is 4.58. The maximum Gasteiger partial charge on any atom is 0.180 e. The van der Waals surface area contributed by atoms with Crippen LogP contribution in [0.5, 0.6) is 0 Å². The summed E-state index contributed by atoms with van der Waals surface area (Å²) < 4.78 is 0. The van der Waals surface area contributed by atoms with E-state index in [1.165, 1.54) is 16.7 Å². The van der Waals surface area contributed by atoms with Crippen LogP contribution in [0.1, 0.15) is 18.4 Å². The maximum absolute atomic E-state index is 4.45. The zero-order chi connectivity index (χ0) is 17.8. The Labute approximate surface area is 153 Å². The summed E-state index contributed by atoms with van der Waals surface area (Å²) in [5.41, 5.74) is 5.96. The number of aliphatic imine (C=N–C) groups is 1. The zero-order valence-corrected chi connectivity index (χ0v) is 14.6. The van der Waals surface area contributed by atoms with E-state index in [9.17, 15) is 0 Å². The zero-order valence-electron chi connectivity index (χ0n) is 14.6. The molecule has 0 saturated carbocycles. The van der Waals surface area contributed by atoms with Crippen LogP contribution in [-0.4, -0.2) is 5.84 Å². The van der Waals surface area contributed by atoms with E-state index in [1.54, 1.807) is 6.20 Å². The van der Waals surface area contributed by atoms with Gasteiger partial charge in [0.15, 0.2) is 5.84 Å². The molecule has 26 heavy (non-hydrogen) atoms. The molecule has 0 radical (unpaired) electrons. The molecule has 5 rings (SSSR count). The van der Waals surface area contributed by atoms with Crippen molar-refractivity contribution in [1.82, 2.24) is 0 Å². The molecule has 1 atom stereocenters. The predicted octanol–water partition coefficient (Wildman–Crippen LogP) is 6.54. The van der Waals surface area contributed by atoms with Gasteiger partial charge in [-0.3, -0.25) is 0 Å². The van der Waals surface area contributed by atoms with Crippen molar-refractivity contribution < 1.29 is 0 Å². The fraction of sp³-hybridized carbons (Fsp3) is 0.0870. The highest BCUT2D eigenvalue weighted by molar-refractivity contribution is 6.04. The van der Waals surface area contributed by atoms with Crippen molar-refractivity contribution in [1.29, 1.82) is 0 Å². The van der Waals surface area contributed by atoms with Crippen LogP contribution in [0.2, 0.25) is 0 Å². The molecule has 0 saturated heterocycles. The molecule has 1 unspecified atom stereocenters. The number of para-hydroxylation sites is 1. The van der Waals surface area contributed by atoms with Crippen molar-refractivity contribution in [3.05, 3.63) is 102 Å². The largest absolute Gasteiger partial charge is 0.227 e. The summed E-state index contributed by atoms with van der Waals surface area (Å²) in [6.45, 7) is 2.16. The molecule has 2 aliphatic heterocycles. The molecular formula is C23H19N3. The molecule has 3 aromatic carbocycles. The first-order chi connectivity index (χ1) is 12.8. The molecular weight excluding hydrogens is 318 g/mol. The van der Waals surface area contributed by atoms with Gasteiger partial charge in [-0.05, 0) is 22.8 Å². The first-order valence-corrected chi connectivity index (χ1v) is 8.72. The van der Waals surface area contributed by atoms with E-state index >= 15 is 0 Å². The number of nitrogens with zero attached hydrogens (tertiary/aromatic N) is 3. The fourth-order valence-electron chi connectivity index (χ4n) is 3.15. The van der Waals surface area contributed by atoms with Gasteiger partial charge in [0.05, 0.1) is 11.9 Å². The lowest BCUT2D eigenvalue weighted by molar-refractivity contribution is 0.920. The standard InChI is InChI=1S/C12H10.C11H9N3/c1-3-7-11(8-4-1)12-9-5-2-6-10-12;1-7-8-4-2-3-5-10(8)13-11-9(7)6-12-14-11/h1-10H;2-7H,1H3. The third kappa shape index (κ3) is 3.24. The molecule has 3 heteroatoms. The van der Waals surface area contributed by atoms with Crippen LogP contribution in [0.3, 0.4) is 0 Å². The number of fused-ring (bicyclic) bond motifs is 2. The van der Waals surface area contributed by atoms with Crippen molar-refractivity contribution >= 4 is 11.5 Å². The van der Waals surface area contributed by atoms with Crippen molar-refractivity contribution in [2.75, 3.05) is 0 Å². The number of benzene rings is 3. The summed E-state index contributed by atoms with van der Waals surface area (Å²) >= 11 is 0. The van der Waals surface area contributed by atoms with Crippen LogP contribution in [0, 0.1) is 0 Å². The molecule has 3 aromatic rings. The van der Waals surface area contributed by atoms with Crippen LogP contribution in [0.4, 0.5) is 5.69 Å². The van der Waals surface area contributed by atoms with Crippen molar-refractivity contribution in [2.24, 2.45) is 15.2 Å². The fourth-order valence-corrected chi connectivity index (χ4v) is 3.15. The van der Waals surface area contributed by atoms with Crippen LogP contribution < -0.4 is 0 Å². The minimum absolute atomic E-state index is 0.355. The minimum Gasteiger partial charge on any atom is -0.227 e. The van der Waals surface area contributed by atoms with Crippen LogP contribution in [0.15, 0.2) is 112 Å². The van der Waals surface area contributed by atoms with E-state index in [-0.39, 0.29) is 0 Å². The highest BCUT2D eigenvalue weighted by atomic mass is 15.2. The molecule has 126 valence electrons. The molecule has 0 spiro atoms. The van der Waals surface area contributed by atoms with E-state index in [1.807, 2.05) is 30.3 Å². The van der Waals surface area contributed by atoms with Gasteiger partial charge in [0.2, 0.25) is 0 Å². The minimum atomic E-state index is 0.355. The monoisotopic (exact) mass is 337 g/mol. The Balaban J connectivity index is 0.000000131.